The summed E-state index contributed by atoms with van der Waals surface area (Å²) in [7, 11) is 3.16. The van der Waals surface area contributed by atoms with Gasteiger partial charge in [0.15, 0.2) is 11.5 Å². The first-order valence-electron chi connectivity index (χ1n) is 5.71. The number of hydrogen-bond acceptors (Lipinski definition) is 5. The van der Waals surface area contributed by atoms with Gasteiger partial charge in [0, 0.05) is 13.2 Å². The van der Waals surface area contributed by atoms with E-state index in [9.17, 15) is 4.79 Å². The number of esters is 1. The molecular formula is C12H10ClN5O2. The van der Waals surface area contributed by atoms with E-state index in [1.54, 1.807) is 27.7 Å². The van der Waals surface area contributed by atoms with E-state index in [-0.39, 0.29) is 0 Å². The third kappa shape index (κ3) is 1.83. The van der Waals surface area contributed by atoms with Crippen LogP contribution in [0.5, 0.6) is 0 Å². The quantitative estimate of drug-likeness (QED) is 0.670. The Balaban J connectivity index is 2.28. The second-order valence-electron chi connectivity index (χ2n) is 4.18. The molecule has 0 aliphatic heterocycles. The second-order valence-corrected chi connectivity index (χ2v) is 4.58. The Morgan fingerprint density at radius 2 is 2.20 bits per heavy atom. The lowest BCUT2D eigenvalue weighted by atomic mass is 10.3. The Morgan fingerprint density at radius 1 is 1.40 bits per heavy atom. The highest BCUT2D eigenvalue weighted by atomic mass is 35.5. The fourth-order valence-electron chi connectivity index (χ4n) is 1.93. The Morgan fingerprint density at radius 3 is 2.85 bits per heavy atom. The van der Waals surface area contributed by atoms with E-state index in [1.165, 1.54) is 13.2 Å². The van der Waals surface area contributed by atoms with Crippen LogP contribution in [0.15, 0.2) is 24.8 Å². The predicted octanol–water partition coefficient (Wildman–Crippen LogP) is 1.57. The molecule has 0 aliphatic carbocycles. The third-order valence-electron chi connectivity index (χ3n) is 2.93. The summed E-state index contributed by atoms with van der Waals surface area (Å²) in [6.07, 6.45) is 4.91. The van der Waals surface area contributed by atoms with Crippen LogP contribution in [0.1, 0.15) is 10.4 Å². The maximum Gasteiger partial charge on any atom is 0.339 e. The molecule has 102 valence electrons. The minimum Gasteiger partial charge on any atom is -0.465 e. The van der Waals surface area contributed by atoms with Crippen molar-refractivity contribution in [2.45, 2.75) is 0 Å². The van der Waals surface area contributed by atoms with E-state index in [4.69, 9.17) is 16.3 Å². The first kappa shape index (κ1) is 12.6. The summed E-state index contributed by atoms with van der Waals surface area (Å²) in [5.41, 5.74) is 1.55. The topological polar surface area (TPSA) is 74.3 Å². The van der Waals surface area contributed by atoms with Gasteiger partial charge in [-0.3, -0.25) is 4.40 Å². The normalized spacial score (nSPS) is 10.9. The van der Waals surface area contributed by atoms with Crippen LogP contribution >= 0.6 is 11.6 Å². The first-order chi connectivity index (χ1) is 9.61. The lowest BCUT2D eigenvalue weighted by Gasteiger charge is -2.04. The average molecular weight is 292 g/mol. The maximum absolute atomic E-state index is 11.6. The minimum absolute atomic E-state index is 0.327. The molecule has 0 bridgehead atoms. The molecule has 0 atom stereocenters. The summed E-state index contributed by atoms with van der Waals surface area (Å²) in [4.78, 5) is 15.7. The molecule has 0 saturated carbocycles. The number of ether oxygens (including phenoxy) is 1. The number of rotatable bonds is 2. The summed E-state index contributed by atoms with van der Waals surface area (Å²) in [5.74, 6) is 0.0751. The third-order valence-corrected chi connectivity index (χ3v) is 3.20. The smallest absolute Gasteiger partial charge is 0.339 e. The highest BCUT2D eigenvalue weighted by Gasteiger charge is 2.16. The SMILES string of the molecule is COC(=O)c1cc(Cl)c2nnc(-c3cncn3C)n2c1. The van der Waals surface area contributed by atoms with Gasteiger partial charge in [-0.1, -0.05) is 11.6 Å². The van der Waals surface area contributed by atoms with Gasteiger partial charge in [0.25, 0.3) is 0 Å². The number of hydrogen-bond donors (Lipinski definition) is 0. The summed E-state index contributed by atoms with van der Waals surface area (Å²) in [5, 5.41) is 8.46. The predicted molar refractivity (Wildman–Crippen MR) is 71.5 cm³/mol. The van der Waals surface area contributed by atoms with Gasteiger partial charge in [0.2, 0.25) is 0 Å². The molecule has 3 aromatic heterocycles. The summed E-state index contributed by atoms with van der Waals surface area (Å²) in [6.45, 7) is 0. The molecule has 3 rings (SSSR count). The molecule has 7 nitrogen and oxygen atoms in total. The number of aromatic nitrogens is 5. The Kier molecular flexibility index (Phi) is 2.90. The lowest BCUT2D eigenvalue weighted by molar-refractivity contribution is 0.0600. The number of fused-ring (bicyclic) bond motifs is 1. The maximum atomic E-state index is 11.6. The largest absolute Gasteiger partial charge is 0.465 e. The van der Waals surface area contributed by atoms with Crippen molar-refractivity contribution in [3.63, 3.8) is 0 Å². The number of methoxy groups -OCH3 is 1. The zero-order valence-electron chi connectivity index (χ0n) is 10.7. The van der Waals surface area contributed by atoms with Crippen molar-refractivity contribution in [1.29, 1.82) is 0 Å². The molecular weight excluding hydrogens is 282 g/mol. The van der Waals surface area contributed by atoms with Crippen molar-refractivity contribution < 1.29 is 9.53 Å². The van der Waals surface area contributed by atoms with E-state index < -0.39 is 5.97 Å². The number of imidazole rings is 1. The van der Waals surface area contributed by atoms with Gasteiger partial charge in [-0.15, -0.1) is 10.2 Å². The van der Waals surface area contributed by atoms with Gasteiger partial charge in [-0.05, 0) is 6.07 Å². The molecule has 3 heterocycles. The van der Waals surface area contributed by atoms with Gasteiger partial charge in [0.1, 0.15) is 5.69 Å². The van der Waals surface area contributed by atoms with Gasteiger partial charge < -0.3 is 9.30 Å². The van der Waals surface area contributed by atoms with Crippen molar-refractivity contribution in [2.75, 3.05) is 7.11 Å². The molecule has 0 aromatic carbocycles. The van der Waals surface area contributed by atoms with Crippen molar-refractivity contribution >= 4 is 23.2 Å². The van der Waals surface area contributed by atoms with Crippen LogP contribution in [0.3, 0.4) is 0 Å². The molecule has 0 amide bonds. The van der Waals surface area contributed by atoms with E-state index in [0.29, 0.717) is 22.1 Å². The summed E-state index contributed by atoms with van der Waals surface area (Å²) >= 11 is 6.12. The molecule has 0 spiro atoms. The average Bonchev–Trinajstić information content (AvgIpc) is 3.03. The lowest BCUT2D eigenvalue weighted by Crippen LogP contribution is -2.04. The van der Waals surface area contributed by atoms with E-state index in [1.807, 2.05) is 7.05 Å². The van der Waals surface area contributed by atoms with Gasteiger partial charge in [-0.2, -0.15) is 0 Å². The zero-order valence-corrected chi connectivity index (χ0v) is 11.5. The fraction of sp³-hybridized carbons (Fsp3) is 0.167. The zero-order chi connectivity index (χ0) is 14.3. The van der Waals surface area contributed by atoms with Crippen LogP contribution in [0.2, 0.25) is 5.02 Å². The Labute approximate surface area is 118 Å². The summed E-state index contributed by atoms with van der Waals surface area (Å²) < 4.78 is 8.15. The van der Waals surface area contributed by atoms with Crippen molar-refractivity contribution in [1.82, 2.24) is 24.1 Å². The number of pyridine rings is 1. The Bertz CT molecular complexity index is 807. The van der Waals surface area contributed by atoms with Crippen LogP contribution in [0, 0.1) is 0 Å². The Hall–Kier alpha value is -2.41. The number of carbonyl (C=O) groups is 1. The number of carbonyl (C=O) groups excluding carboxylic acids is 1. The van der Waals surface area contributed by atoms with Crippen molar-refractivity contribution in [3.8, 4) is 11.5 Å². The van der Waals surface area contributed by atoms with E-state index in [0.717, 1.165) is 5.69 Å². The van der Waals surface area contributed by atoms with Crippen LogP contribution in [0.25, 0.3) is 17.2 Å². The van der Waals surface area contributed by atoms with Crippen LogP contribution in [-0.4, -0.2) is 37.2 Å². The molecule has 3 aromatic rings. The number of nitrogens with zero attached hydrogens (tertiary/aromatic N) is 5. The monoisotopic (exact) mass is 291 g/mol. The standard InChI is InChI=1S/C12H10ClN5O2/c1-17-6-14-4-9(17)11-16-15-10-8(13)3-7(5-18(10)11)12(19)20-2/h3-6H,1-2H3. The van der Waals surface area contributed by atoms with Crippen LogP contribution in [0.4, 0.5) is 0 Å². The number of aryl methyl sites for hydroxylation is 1. The molecule has 0 fully saturated rings. The molecule has 0 saturated heterocycles. The second kappa shape index (κ2) is 4.61. The van der Waals surface area contributed by atoms with Crippen molar-refractivity contribution in [2.24, 2.45) is 7.05 Å². The van der Waals surface area contributed by atoms with Crippen molar-refractivity contribution in [3.05, 3.63) is 35.4 Å². The number of halogens is 1. The molecule has 8 heteroatoms. The molecule has 0 radical (unpaired) electrons. The van der Waals surface area contributed by atoms with Crippen LogP contribution in [-0.2, 0) is 11.8 Å². The highest BCUT2D eigenvalue weighted by molar-refractivity contribution is 6.33. The molecule has 0 aliphatic rings. The fourth-order valence-corrected chi connectivity index (χ4v) is 2.18. The van der Waals surface area contributed by atoms with E-state index >= 15 is 0 Å². The van der Waals surface area contributed by atoms with E-state index in [2.05, 4.69) is 15.2 Å². The molecule has 0 N–H and O–H groups in total. The van der Waals surface area contributed by atoms with Gasteiger partial charge in [0.05, 0.1) is 30.2 Å². The first-order valence-corrected chi connectivity index (χ1v) is 6.09. The summed E-state index contributed by atoms with van der Waals surface area (Å²) in [6, 6.07) is 1.50. The molecule has 0 unspecified atom stereocenters. The highest BCUT2D eigenvalue weighted by Crippen LogP contribution is 2.23. The molecule has 20 heavy (non-hydrogen) atoms. The minimum atomic E-state index is -0.474. The van der Waals surface area contributed by atoms with Crippen LogP contribution < -0.4 is 0 Å². The van der Waals surface area contributed by atoms with Gasteiger partial charge in [-0.25, -0.2) is 9.78 Å². The van der Waals surface area contributed by atoms with Gasteiger partial charge >= 0.3 is 5.97 Å².